The second-order valence-corrected chi connectivity index (χ2v) is 11.9. The quantitative estimate of drug-likeness (QED) is 0.346. The predicted molar refractivity (Wildman–Crippen MR) is 130 cm³/mol. The van der Waals surface area contributed by atoms with Gasteiger partial charge in [-0.2, -0.15) is 0 Å². The third-order valence-electron chi connectivity index (χ3n) is 8.79. The fourth-order valence-electron chi connectivity index (χ4n) is 6.24. The Hall–Kier alpha value is -0.0800. The number of fused-ring (bicyclic) bond motifs is 1. The highest BCUT2D eigenvalue weighted by atomic mass is 16.5. The number of aliphatic hydroxyl groups excluding tert-OH is 1. The molecule has 2 rings (SSSR count). The van der Waals surface area contributed by atoms with Crippen molar-refractivity contribution in [3.63, 3.8) is 0 Å². The maximum Gasteiger partial charge on any atom is 0.0639 e. The van der Waals surface area contributed by atoms with Crippen molar-refractivity contribution in [2.75, 3.05) is 0 Å². The normalized spacial score (nSPS) is 36.5. The third-order valence-corrected chi connectivity index (χ3v) is 8.79. The Labute approximate surface area is 188 Å². The molecule has 0 aromatic carbocycles. The van der Waals surface area contributed by atoms with E-state index in [1.54, 1.807) is 0 Å². The van der Waals surface area contributed by atoms with Crippen LogP contribution >= 0.6 is 0 Å². The molecule has 2 nitrogen and oxygen atoms in total. The highest BCUT2D eigenvalue weighted by molar-refractivity contribution is 4.96. The Morgan fingerprint density at radius 1 is 0.733 bits per heavy atom. The summed E-state index contributed by atoms with van der Waals surface area (Å²) < 4.78 is 6.63. The SMILES string of the molecule is CC(C)CCC[C@H](C)CCC[C@H](C)CCC[C@@H]1CC[C@@H]2[C@@H](C)[C@H](O)[C@@H](C)[C@H](C)[C@H]2O1. The van der Waals surface area contributed by atoms with Crippen LogP contribution in [0.1, 0.15) is 119 Å². The average molecular weight is 423 g/mol. The third kappa shape index (κ3) is 7.80. The minimum absolute atomic E-state index is 0.153. The van der Waals surface area contributed by atoms with Crippen molar-refractivity contribution in [1.29, 1.82) is 0 Å². The molecule has 9 atom stereocenters. The molecule has 178 valence electrons. The van der Waals surface area contributed by atoms with Gasteiger partial charge in [0.05, 0.1) is 18.3 Å². The first-order valence-corrected chi connectivity index (χ1v) is 13.5. The second kappa shape index (κ2) is 12.8. The Bertz CT molecular complexity index is 462. The van der Waals surface area contributed by atoms with E-state index in [0.29, 0.717) is 35.9 Å². The molecule has 1 heterocycles. The summed E-state index contributed by atoms with van der Waals surface area (Å²) in [5.41, 5.74) is 0. The zero-order valence-electron chi connectivity index (χ0n) is 21.4. The summed E-state index contributed by atoms with van der Waals surface area (Å²) in [6.07, 6.45) is 15.5. The minimum Gasteiger partial charge on any atom is -0.393 e. The van der Waals surface area contributed by atoms with Crippen molar-refractivity contribution in [3.05, 3.63) is 0 Å². The van der Waals surface area contributed by atoms with E-state index in [4.69, 9.17) is 4.74 Å². The van der Waals surface area contributed by atoms with Crippen LogP contribution in [0.5, 0.6) is 0 Å². The lowest BCUT2D eigenvalue weighted by atomic mass is 9.64. The van der Waals surface area contributed by atoms with Crippen LogP contribution in [-0.2, 0) is 4.74 Å². The molecule has 30 heavy (non-hydrogen) atoms. The predicted octanol–water partition coefficient (Wildman–Crippen LogP) is 7.87. The molecule has 0 unspecified atom stereocenters. The van der Waals surface area contributed by atoms with Gasteiger partial charge in [0.25, 0.3) is 0 Å². The van der Waals surface area contributed by atoms with E-state index in [1.807, 2.05) is 0 Å². The van der Waals surface area contributed by atoms with Crippen LogP contribution in [-0.4, -0.2) is 23.4 Å². The highest BCUT2D eigenvalue weighted by Crippen LogP contribution is 2.45. The molecule has 1 N–H and O–H groups in total. The summed E-state index contributed by atoms with van der Waals surface area (Å²) >= 11 is 0. The number of aliphatic hydroxyl groups is 1. The van der Waals surface area contributed by atoms with Gasteiger partial charge in [0.2, 0.25) is 0 Å². The van der Waals surface area contributed by atoms with Gasteiger partial charge in [-0.25, -0.2) is 0 Å². The van der Waals surface area contributed by atoms with Crippen molar-refractivity contribution in [1.82, 2.24) is 0 Å². The van der Waals surface area contributed by atoms with Crippen LogP contribution in [0, 0.1) is 41.4 Å². The standard InChI is InChI=1S/C28H54O2/c1-19(2)11-8-12-20(3)13-9-14-21(4)15-10-16-25-17-18-26-24(7)27(29)22(5)23(6)28(26)30-25/h19-29H,8-18H2,1-7H3/t20-,21-,22-,23-,24+,25+,26+,27+,28+/m0/s1. The van der Waals surface area contributed by atoms with E-state index >= 15 is 0 Å². The molecule has 1 saturated heterocycles. The van der Waals surface area contributed by atoms with Crippen LogP contribution in [0.3, 0.4) is 0 Å². The fourth-order valence-corrected chi connectivity index (χ4v) is 6.24. The number of ether oxygens (including phenoxy) is 1. The summed E-state index contributed by atoms with van der Waals surface area (Å²) in [4.78, 5) is 0. The van der Waals surface area contributed by atoms with Crippen molar-refractivity contribution in [2.24, 2.45) is 41.4 Å². The lowest BCUT2D eigenvalue weighted by molar-refractivity contribution is -0.181. The molecule has 2 fully saturated rings. The van der Waals surface area contributed by atoms with Crippen molar-refractivity contribution < 1.29 is 9.84 Å². The summed E-state index contributed by atoms with van der Waals surface area (Å²) in [6.45, 7) is 16.3. The maximum atomic E-state index is 10.5. The fraction of sp³-hybridized carbons (Fsp3) is 1.00. The van der Waals surface area contributed by atoms with Crippen molar-refractivity contribution >= 4 is 0 Å². The minimum atomic E-state index is -0.153. The average Bonchev–Trinajstić information content (AvgIpc) is 2.70. The van der Waals surface area contributed by atoms with Gasteiger partial charge in [-0.05, 0) is 60.7 Å². The highest BCUT2D eigenvalue weighted by Gasteiger charge is 2.47. The van der Waals surface area contributed by atoms with E-state index in [0.717, 1.165) is 17.8 Å². The van der Waals surface area contributed by atoms with Gasteiger partial charge < -0.3 is 9.84 Å². The molecule has 2 aliphatic rings. The molecule has 0 spiro atoms. The lowest BCUT2D eigenvalue weighted by Gasteiger charge is -2.51. The van der Waals surface area contributed by atoms with Gasteiger partial charge >= 0.3 is 0 Å². The number of hydrogen-bond acceptors (Lipinski definition) is 2. The summed E-state index contributed by atoms with van der Waals surface area (Å²) in [6, 6.07) is 0. The van der Waals surface area contributed by atoms with Crippen LogP contribution in [0.2, 0.25) is 0 Å². The van der Waals surface area contributed by atoms with Gasteiger partial charge in [-0.1, -0.05) is 99.8 Å². The zero-order valence-corrected chi connectivity index (χ0v) is 21.4. The molecular formula is C28H54O2. The first-order chi connectivity index (χ1) is 14.2. The summed E-state index contributed by atoms with van der Waals surface area (Å²) in [7, 11) is 0. The van der Waals surface area contributed by atoms with Gasteiger partial charge in [0.15, 0.2) is 0 Å². The van der Waals surface area contributed by atoms with Gasteiger partial charge in [-0.3, -0.25) is 0 Å². The lowest BCUT2D eigenvalue weighted by Crippen LogP contribution is -2.53. The van der Waals surface area contributed by atoms with E-state index in [-0.39, 0.29) is 6.10 Å². The number of rotatable bonds is 12. The van der Waals surface area contributed by atoms with Gasteiger partial charge in [-0.15, -0.1) is 0 Å². The Morgan fingerprint density at radius 2 is 1.30 bits per heavy atom. The largest absolute Gasteiger partial charge is 0.393 e. The molecule has 0 aromatic heterocycles. The smallest absolute Gasteiger partial charge is 0.0639 e. The molecule has 1 aliphatic carbocycles. The molecule has 0 aromatic rings. The molecule has 1 aliphatic heterocycles. The molecular weight excluding hydrogens is 368 g/mol. The topological polar surface area (TPSA) is 29.5 Å². The van der Waals surface area contributed by atoms with E-state index in [1.165, 1.54) is 70.6 Å². The van der Waals surface area contributed by atoms with Gasteiger partial charge in [0, 0.05) is 0 Å². The molecule has 0 radical (unpaired) electrons. The second-order valence-electron chi connectivity index (χ2n) is 11.9. The summed E-state index contributed by atoms with van der Waals surface area (Å²) in [5.74, 6) is 4.39. The zero-order chi connectivity index (χ0) is 22.3. The first kappa shape index (κ1) is 26.2. The maximum absolute atomic E-state index is 10.5. The van der Waals surface area contributed by atoms with Crippen molar-refractivity contribution in [3.8, 4) is 0 Å². The van der Waals surface area contributed by atoms with E-state index in [9.17, 15) is 5.11 Å². The number of hydrogen-bond donors (Lipinski definition) is 1. The van der Waals surface area contributed by atoms with E-state index < -0.39 is 0 Å². The Morgan fingerprint density at radius 3 is 1.90 bits per heavy atom. The first-order valence-electron chi connectivity index (χ1n) is 13.5. The molecule has 0 amide bonds. The van der Waals surface area contributed by atoms with Crippen LogP contribution < -0.4 is 0 Å². The van der Waals surface area contributed by atoms with Gasteiger partial charge in [0.1, 0.15) is 0 Å². The van der Waals surface area contributed by atoms with Crippen LogP contribution in [0.15, 0.2) is 0 Å². The summed E-state index contributed by atoms with van der Waals surface area (Å²) in [5, 5.41) is 10.5. The molecule has 2 heteroatoms. The Kier molecular flexibility index (Phi) is 11.2. The molecule has 0 bridgehead atoms. The Balaban J connectivity index is 1.59. The van der Waals surface area contributed by atoms with E-state index in [2.05, 4.69) is 48.5 Å². The van der Waals surface area contributed by atoms with Crippen LogP contribution in [0.4, 0.5) is 0 Å². The van der Waals surface area contributed by atoms with Crippen LogP contribution in [0.25, 0.3) is 0 Å². The monoisotopic (exact) mass is 422 g/mol. The van der Waals surface area contributed by atoms with Crippen molar-refractivity contribution in [2.45, 2.75) is 137 Å². The molecule has 1 saturated carbocycles.